The Morgan fingerprint density at radius 3 is 1.92 bits per heavy atom. The fourth-order valence-electron chi connectivity index (χ4n) is 5.72. The lowest BCUT2D eigenvalue weighted by atomic mass is 9.70. The van der Waals surface area contributed by atoms with Crippen molar-refractivity contribution in [1.29, 1.82) is 0 Å². The van der Waals surface area contributed by atoms with Crippen molar-refractivity contribution < 1.29 is 24.3 Å². The van der Waals surface area contributed by atoms with E-state index in [1.165, 1.54) is 20.3 Å². The van der Waals surface area contributed by atoms with E-state index < -0.39 is 5.92 Å². The Morgan fingerprint density at radius 1 is 0.889 bits per heavy atom. The largest absolute Gasteiger partial charge is 0.733 e. The first-order valence-corrected chi connectivity index (χ1v) is 12.2. The van der Waals surface area contributed by atoms with Crippen LogP contribution in [0, 0.1) is 12.1 Å². The molecule has 0 bridgehead atoms. The number of rotatable bonds is 5. The summed E-state index contributed by atoms with van der Waals surface area (Å²) in [5.74, 6) is -0.291. The summed E-state index contributed by atoms with van der Waals surface area (Å²) in [4.78, 5) is 29.2. The highest BCUT2D eigenvalue weighted by atomic mass is 16.8. The van der Waals surface area contributed by atoms with Crippen molar-refractivity contribution in [2.24, 2.45) is 0 Å². The van der Waals surface area contributed by atoms with Crippen LogP contribution in [0.5, 0.6) is 11.5 Å². The van der Waals surface area contributed by atoms with Gasteiger partial charge in [-0.25, -0.2) is 0 Å². The smallest absolute Gasteiger partial charge is 0.162 e. The number of anilines is 2. The van der Waals surface area contributed by atoms with Gasteiger partial charge in [0.2, 0.25) is 0 Å². The molecule has 0 saturated carbocycles. The molecule has 188 valence electrons. The normalized spacial score (nSPS) is 18.3. The molecule has 5 rings (SSSR count). The molecule has 8 nitrogen and oxygen atoms in total. The summed E-state index contributed by atoms with van der Waals surface area (Å²) in [7, 11) is 2.91. The standard InChI is InChI=1S/C28H29N2O6/c1-16-10-12-17(13-11-16)29-19-6-4-8-22(31)27(19)26(28-20(29)7-5-9-23(28)32)18-14-24(35-2)25(36-3)15-21(18)30(33)34/h10-15,26,33H,4-9H2,1-3H3/q-1. The van der Waals surface area contributed by atoms with E-state index in [0.29, 0.717) is 61.0 Å². The Hall–Kier alpha value is -3.62. The maximum absolute atomic E-state index is 13.6. The van der Waals surface area contributed by atoms with Crippen LogP contribution in [0.1, 0.15) is 55.6 Å². The number of hydrogen-bond donors (Lipinski definition) is 1. The Balaban J connectivity index is 1.83. The first-order valence-electron chi connectivity index (χ1n) is 12.2. The molecule has 2 aliphatic carbocycles. The van der Waals surface area contributed by atoms with Gasteiger partial charge in [0.25, 0.3) is 0 Å². The van der Waals surface area contributed by atoms with Crippen LogP contribution in [-0.2, 0) is 9.59 Å². The number of nitrogens with zero attached hydrogens (tertiary/aromatic N) is 2. The fraction of sp³-hybridized carbons (Fsp3) is 0.357. The number of benzene rings is 2. The summed E-state index contributed by atoms with van der Waals surface area (Å²) in [6, 6.07) is 11.0. The summed E-state index contributed by atoms with van der Waals surface area (Å²) in [5, 5.41) is 22.2. The molecule has 0 amide bonds. The summed E-state index contributed by atoms with van der Waals surface area (Å²) in [6.07, 6.45) is 3.46. The maximum atomic E-state index is 13.6. The summed E-state index contributed by atoms with van der Waals surface area (Å²) in [6.45, 7) is 2.02. The molecule has 0 aromatic heterocycles. The molecule has 1 aliphatic heterocycles. The van der Waals surface area contributed by atoms with Crippen molar-refractivity contribution in [3.05, 3.63) is 75.3 Å². The lowest BCUT2D eigenvalue weighted by Gasteiger charge is -2.44. The van der Waals surface area contributed by atoms with Crippen LogP contribution in [0.3, 0.4) is 0 Å². The molecule has 0 unspecified atom stereocenters. The molecule has 36 heavy (non-hydrogen) atoms. The number of methoxy groups -OCH3 is 2. The van der Waals surface area contributed by atoms with Gasteiger partial charge in [0, 0.05) is 53.1 Å². The number of carbonyl (C=O) groups is 2. The number of hydrogen-bond acceptors (Lipinski definition) is 8. The van der Waals surface area contributed by atoms with E-state index in [1.54, 1.807) is 6.07 Å². The van der Waals surface area contributed by atoms with E-state index in [4.69, 9.17) is 9.47 Å². The van der Waals surface area contributed by atoms with Crippen LogP contribution in [0.4, 0.5) is 11.4 Å². The van der Waals surface area contributed by atoms with Crippen molar-refractivity contribution in [2.45, 2.75) is 51.4 Å². The van der Waals surface area contributed by atoms with Crippen LogP contribution in [-0.4, -0.2) is 31.0 Å². The molecule has 0 radical (unpaired) electrons. The molecule has 2 aromatic rings. The number of ether oxygens (including phenoxy) is 2. The van der Waals surface area contributed by atoms with Gasteiger partial charge in [0.1, 0.15) is 0 Å². The lowest BCUT2D eigenvalue weighted by molar-refractivity contribution is -0.116. The number of ketones is 2. The van der Waals surface area contributed by atoms with Crippen LogP contribution in [0.25, 0.3) is 0 Å². The predicted molar refractivity (Wildman–Crippen MR) is 135 cm³/mol. The second-order valence-electron chi connectivity index (χ2n) is 9.42. The van der Waals surface area contributed by atoms with Crippen LogP contribution in [0.15, 0.2) is 58.9 Å². The van der Waals surface area contributed by atoms with E-state index in [-0.39, 0.29) is 28.2 Å². The molecule has 2 aromatic carbocycles. The average molecular weight is 490 g/mol. The minimum absolute atomic E-state index is 0.0561. The zero-order valence-corrected chi connectivity index (χ0v) is 20.7. The zero-order valence-electron chi connectivity index (χ0n) is 20.7. The van der Waals surface area contributed by atoms with Crippen LogP contribution >= 0.6 is 0 Å². The molecule has 1 N–H and O–H groups in total. The number of allylic oxidation sites excluding steroid dienone is 4. The van der Waals surface area contributed by atoms with E-state index in [2.05, 4.69) is 4.90 Å². The second-order valence-corrected chi connectivity index (χ2v) is 9.42. The van der Waals surface area contributed by atoms with Crippen LogP contribution < -0.4 is 19.6 Å². The lowest BCUT2D eigenvalue weighted by Crippen LogP contribution is -2.39. The molecule has 3 aliphatic rings. The average Bonchev–Trinajstić information content (AvgIpc) is 2.87. The van der Waals surface area contributed by atoms with Gasteiger partial charge in [0.15, 0.2) is 23.1 Å². The molecule has 8 heteroatoms. The van der Waals surface area contributed by atoms with Crippen molar-refractivity contribution in [2.75, 3.05) is 24.3 Å². The Labute approximate surface area is 209 Å². The minimum atomic E-state index is -0.782. The van der Waals surface area contributed by atoms with E-state index in [1.807, 2.05) is 31.2 Å². The third-order valence-electron chi connectivity index (χ3n) is 7.32. The van der Waals surface area contributed by atoms with Gasteiger partial charge in [0.05, 0.1) is 19.9 Å². The third-order valence-corrected chi connectivity index (χ3v) is 7.32. The van der Waals surface area contributed by atoms with Gasteiger partial charge in [-0.15, -0.1) is 0 Å². The molecule has 1 heterocycles. The van der Waals surface area contributed by atoms with Crippen molar-refractivity contribution in [3.8, 4) is 11.5 Å². The summed E-state index contributed by atoms with van der Waals surface area (Å²) >= 11 is 0. The van der Waals surface area contributed by atoms with Crippen LogP contribution in [0.2, 0.25) is 0 Å². The highest BCUT2D eigenvalue weighted by molar-refractivity contribution is 6.08. The molecule has 0 saturated heterocycles. The SMILES string of the molecule is COc1cc(C2C3=C(CCCC3=O)N(c3ccc(C)cc3)C3=C2C(=O)CCC3)c(N([O-])O)cc1OC. The zero-order chi connectivity index (χ0) is 25.6. The number of aryl methyl sites for hydroxylation is 1. The van der Waals surface area contributed by atoms with Gasteiger partial charge in [-0.1, -0.05) is 17.7 Å². The van der Waals surface area contributed by atoms with Gasteiger partial charge < -0.3 is 24.8 Å². The van der Waals surface area contributed by atoms with Crippen molar-refractivity contribution >= 4 is 22.9 Å². The van der Waals surface area contributed by atoms with Gasteiger partial charge in [-0.3, -0.25) is 14.8 Å². The summed E-state index contributed by atoms with van der Waals surface area (Å²) in [5.41, 5.74) is 5.00. The number of carbonyl (C=O) groups excluding carboxylic acids is 2. The molecule has 0 atom stereocenters. The van der Waals surface area contributed by atoms with Crippen molar-refractivity contribution in [3.63, 3.8) is 0 Å². The molecular weight excluding hydrogens is 460 g/mol. The maximum Gasteiger partial charge on any atom is 0.162 e. The number of Topliss-reactive ketones (excluding diaryl/α,β-unsaturated/α-hetero) is 2. The van der Waals surface area contributed by atoms with Crippen molar-refractivity contribution in [1.82, 2.24) is 0 Å². The first kappa shape index (κ1) is 24.1. The van der Waals surface area contributed by atoms with E-state index >= 15 is 0 Å². The Morgan fingerprint density at radius 2 is 1.42 bits per heavy atom. The topological polar surface area (TPSA) is 102 Å². The van der Waals surface area contributed by atoms with E-state index in [9.17, 15) is 20.0 Å². The monoisotopic (exact) mass is 489 g/mol. The van der Waals surface area contributed by atoms with Gasteiger partial charge in [-0.2, -0.15) is 0 Å². The molecule has 0 fully saturated rings. The predicted octanol–water partition coefficient (Wildman–Crippen LogP) is 5.32. The Bertz CT molecular complexity index is 1250. The third kappa shape index (κ3) is 3.86. The van der Waals surface area contributed by atoms with E-state index in [0.717, 1.165) is 22.6 Å². The quantitative estimate of drug-likeness (QED) is 0.563. The fourth-order valence-corrected chi connectivity index (χ4v) is 5.72. The second kappa shape index (κ2) is 9.44. The first-order chi connectivity index (χ1) is 17.3. The molecule has 0 spiro atoms. The summed E-state index contributed by atoms with van der Waals surface area (Å²) < 4.78 is 10.8. The highest BCUT2D eigenvalue weighted by Crippen LogP contribution is 2.53. The van der Waals surface area contributed by atoms with Gasteiger partial charge >= 0.3 is 0 Å². The Kier molecular flexibility index (Phi) is 6.32. The highest BCUT2D eigenvalue weighted by Gasteiger charge is 2.44. The molecular formula is C28H29N2O6-. The van der Waals surface area contributed by atoms with Gasteiger partial charge in [-0.05, 0) is 56.4 Å². The minimum Gasteiger partial charge on any atom is -0.733 e.